The summed E-state index contributed by atoms with van der Waals surface area (Å²) in [4.78, 5) is 23.0. The molecule has 0 radical (unpaired) electrons. The number of rotatable bonds is 5. The number of anilines is 1. The van der Waals surface area contributed by atoms with Crippen LogP contribution in [0.5, 0.6) is 0 Å². The van der Waals surface area contributed by atoms with Gasteiger partial charge in [-0.2, -0.15) is 0 Å². The predicted molar refractivity (Wildman–Crippen MR) is 82.3 cm³/mol. The van der Waals surface area contributed by atoms with E-state index in [2.05, 4.69) is 16.6 Å². The maximum Gasteiger partial charge on any atom is 0.327 e. The maximum absolute atomic E-state index is 12.0. The topological polar surface area (TPSA) is 78.4 Å². The molecule has 0 heterocycles. The summed E-state index contributed by atoms with van der Waals surface area (Å²) in [5.74, 6) is 1.32. The first-order valence-electron chi connectivity index (χ1n) is 6.70. The Bertz CT molecular complexity index is 573. The molecule has 0 spiro atoms. The first-order chi connectivity index (χ1) is 9.86. The van der Waals surface area contributed by atoms with Gasteiger partial charge in [-0.15, -0.1) is 12.3 Å². The van der Waals surface area contributed by atoms with E-state index in [4.69, 9.17) is 11.5 Å². The Hall–Kier alpha value is -2.48. The Morgan fingerprint density at radius 3 is 2.57 bits per heavy atom. The summed E-state index contributed by atoms with van der Waals surface area (Å²) < 4.78 is 0. The quantitative estimate of drug-likeness (QED) is 0.729. The number of para-hydroxylation sites is 1. The summed E-state index contributed by atoms with van der Waals surface area (Å²) in [6.45, 7) is 5.93. The highest BCUT2D eigenvalue weighted by Gasteiger charge is 2.20. The van der Waals surface area contributed by atoms with Crippen LogP contribution in [0.15, 0.2) is 18.2 Å². The van der Waals surface area contributed by atoms with Gasteiger partial charge in [0, 0.05) is 12.1 Å². The minimum Gasteiger partial charge on any atom is -0.480 e. The minimum absolute atomic E-state index is 0.0619. The summed E-state index contributed by atoms with van der Waals surface area (Å²) in [5.41, 5.74) is 2.61. The number of urea groups is 1. The van der Waals surface area contributed by atoms with E-state index in [1.807, 2.05) is 39.0 Å². The monoisotopic (exact) mass is 288 g/mol. The fourth-order valence-electron chi connectivity index (χ4n) is 1.97. The lowest BCUT2D eigenvalue weighted by Gasteiger charge is -2.18. The van der Waals surface area contributed by atoms with Gasteiger partial charge >= 0.3 is 12.0 Å². The van der Waals surface area contributed by atoms with Crippen molar-refractivity contribution in [3.63, 3.8) is 0 Å². The van der Waals surface area contributed by atoms with Crippen LogP contribution in [0, 0.1) is 19.3 Å². The third-order valence-electron chi connectivity index (χ3n) is 3.09. The molecule has 1 rings (SSSR count). The second kappa shape index (κ2) is 7.34. The zero-order chi connectivity index (χ0) is 16.0. The van der Waals surface area contributed by atoms with E-state index in [9.17, 15) is 9.59 Å². The number of hydrogen-bond donors (Lipinski definition) is 3. The molecule has 0 aromatic heterocycles. The summed E-state index contributed by atoms with van der Waals surface area (Å²) in [5, 5.41) is 14.1. The number of hydrogen-bond acceptors (Lipinski definition) is 2. The predicted octanol–water partition coefficient (Wildman–Crippen LogP) is 2.72. The molecule has 0 aliphatic rings. The van der Waals surface area contributed by atoms with Crippen molar-refractivity contribution in [2.24, 2.45) is 0 Å². The zero-order valence-corrected chi connectivity index (χ0v) is 12.4. The van der Waals surface area contributed by atoms with Crippen LogP contribution in [-0.4, -0.2) is 23.1 Å². The molecule has 0 aliphatic carbocycles. The smallest absolute Gasteiger partial charge is 0.327 e. The lowest BCUT2D eigenvalue weighted by molar-refractivity contribution is -0.139. The van der Waals surface area contributed by atoms with Crippen molar-refractivity contribution < 1.29 is 14.7 Å². The molecule has 0 fully saturated rings. The number of aliphatic carboxylic acids is 1. The highest BCUT2D eigenvalue weighted by atomic mass is 16.4. The number of benzene rings is 1. The maximum atomic E-state index is 12.0. The Kier molecular flexibility index (Phi) is 5.79. The third kappa shape index (κ3) is 4.53. The second-order valence-corrected chi connectivity index (χ2v) is 5.09. The van der Waals surface area contributed by atoms with Crippen LogP contribution in [-0.2, 0) is 4.79 Å². The Morgan fingerprint density at radius 1 is 1.38 bits per heavy atom. The van der Waals surface area contributed by atoms with E-state index < -0.39 is 18.0 Å². The van der Waals surface area contributed by atoms with Crippen molar-refractivity contribution in [3.05, 3.63) is 29.3 Å². The summed E-state index contributed by atoms with van der Waals surface area (Å²) in [7, 11) is 0. The molecule has 0 aliphatic heterocycles. The highest BCUT2D eigenvalue weighted by molar-refractivity contribution is 5.93. The summed E-state index contributed by atoms with van der Waals surface area (Å²) in [6.07, 6.45) is 5.04. The van der Waals surface area contributed by atoms with Crippen molar-refractivity contribution >= 4 is 17.7 Å². The number of carboxylic acid groups (broad SMARTS) is 1. The molecule has 21 heavy (non-hydrogen) atoms. The van der Waals surface area contributed by atoms with E-state index in [1.165, 1.54) is 0 Å². The van der Waals surface area contributed by atoms with Crippen molar-refractivity contribution in [3.8, 4) is 12.3 Å². The lowest BCUT2D eigenvalue weighted by atomic mass is 9.98. The zero-order valence-electron chi connectivity index (χ0n) is 12.4. The number of carboxylic acids is 1. The standard InChI is InChI=1S/C16H20N2O3/c1-5-7-13(15(19)20)17-16(21)18-14-11(4)8-6-9-12(14)10(2)3/h1,6,8-10,13H,7H2,2-4H3,(H,19,20)(H2,17,18,21). The normalized spacial score (nSPS) is 11.6. The van der Waals surface area contributed by atoms with E-state index in [0.717, 1.165) is 11.1 Å². The van der Waals surface area contributed by atoms with Gasteiger partial charge < -0.3 is 15.7 Å². The van der Waals surface area contributed by atoms with Crippen LogP contribution in [0.3, 0.4) is 0 Å². The number of nitrogens with one attached hydrogen (secondary N) is 2. The molecule has 112 valence electrons. The first kappa shape index (κ1) is 16.6. The van der Waals surface area contributed by atoms with Crippen LogP contribution in [0.4, 0.5) is 10.5 Å². The van der Waals surface area contributed by atoms with Crippen molar-refractivity contribution in [1.82, 2.24) is 5.32 Å². The van der Waals surface area contributed by atoms with Crippen LogP contribution in [0.25, 0.3) is 0 Å². The Balaban J connectivity index is 2.89. The second-order valence-electron chi connectivity index (χ2n) is 5.09. The fourth-order valence-corrected chi connectivity index (χ4v) is 1.97. The first-order valence-corrected chi connectivity index (χ1v) is 6.70. The molecule has 0 saturated carbocycles. The van der Waals surface area contributed by atoms with E-state index in [-0.39, 0.29) is 12.3 Å². The molecule has 1 aromatic carbocycles. The molecule has 0 saturated heterocycles. The Morgan fingerprint density at radius 2 is 2.05 bits per heavy atom. The van der Waals surface area contributed by atoms with Crippen molar-refractivity contribution in [2.45, 2.75) is 39.2 Å². The third-order valence-corrected chi connectivity index (χ3v) is 3.09. The van der Waals surface area contributed by atoms with Gasteiger partial charge in [0.25, 0.3) is 0 Å². The number of amides is 2. The van der Waals surface area contributed by atoms with Gasteiger partial charge in [-0.3, -0.25) is 0 Å². The molecule has 1 atom stereocenters. The minimum atomic E-state index is -1.16. The molecular weight excluding hydrogens is 268 g/mol. The van der Waals surface area contributed by atoms with Crippen LogP contribution < -0.4 is 10.6 Å². The fraction of sp³-hybridized carbons (Fsp3) is 0.375. The molecule has 1 unspecified atom stereocenters. The van der Waals surface area contributed by atoms with Gasteiger partial charge in [-0.1, -0.05) is 32.0 Å². The molecule has 1 aromatic rings. The summed E-state index contributed by atoms with van der Waals surface area (Å²) >= 11 is 0. The van der Waals surface area contributed by atoms with Gasteiger partial charge in [0.15, 0.2) is 0 Å². The van der Waals surface area contributed by atoms with E-state index in [0.29, 0.717) is 5.69 Å². The number of aryl methyl sites for hydroxylation is 1. The lowest BCUT2D eigenvalue weighted by Crippen LogP contribution is -2.43. The molecule has 5 heteroatoms. The SMILES string of the molecule is C#CCC(NC(=O)Nc1c(C)cccc1C(C)C)C(=O)O. The number of carbonyl (C=O) groups excluding carboxylic acids is 1. The van der Waals surface area contributed by atoms with Crippen LogP contribution in [0.2, 0.25) is 0 Å². The average Bonchev–Trinajstić information content (AvgIpc) is 2.40. The van der Waals surface area contributed by atoms with Gasteiger partial charge in [0.05, 0.1) is 0 Å². The van der Waals surface area contributed by atoms with Gasteiger partial charge in [-0.05, 0) is 24.0 Å². The average molecular weight is 288 g/mol. The Labute approximate surface area is 124 Å². The van der Waals surface area contributed by atoms with Gasteiger partial charge in [-0.25, -0.2) is 9.59 Å². The molecule has 2 amide bonds. The van der Waals surface area contributed by atoms with Crippen molar-refractivity contribution in [2.75, 3.05) is 5.32 Å². The number of carbonyl (C=O) groups is 2. The van der Waals surface area contributed by atoms with Crippen LogP contribution >= 0.6 is 0 Å². The molecule has 3 N–H and O–H groups in total. The molecule has 0 bridgehead atoms. The highest BCUT2D eigenvalue weighted by Crippen LogP contribution is 2.27. The van der Waals surface area contributed by atoms with E-state index >= 15 is 0 Å². The largest absolute Gasteiger partial charge is 0.480 e. The summed E-state index contributed by atoms with van der Waals surface area (Å²) in [6, 6.07) is 4.07. The van der Waals surface area contributed by atoms with Crippen molar-refractivity contribution in [1.29, 1.82) is 0 Å². The van der Waals surface area contributed by atoms with Gasteiger partial charge in [0.1, 0.15) is 6.04 Å². The van der Waals surface area contributed by atoms with E-state index in [1.54, 1.807) is 0 Å². The molecule has 5 nitrogen and oxygen atoms in total. The molecular formula is C16H20N2O3. The van der Waals surface area contributed by atoms with Gasteiger partial charge in [0.2, 0.25) is 0 Å². The number of terminal acetylenes is 1. The van der Waals surface area contributed by atoms with Crippen LogP contribution in [0.1, 0.15) is 37.3 Å².